The van der Waals surface area contributed by atoms with E-state index < -0.39 is 0 Å². The number of methoxy groups -OCH3 is 1. The normalized spacial score (nSPS) is 10.3. The summed E-state index contributed by atoms with van der Waals surface area (Å²) in [5, 5.41) is 10.4. The summed E-state index contributed by atoms with van der Waals surface area (Å²) in [6.45, 7) is 0. The van der Waals surface area contributed by atoms with E-state index in [-0.39, 0.29) is 0 Å². The van der Waals surface area contributed by atoms with Crippen molar-refractivity contribution in [2.45, 2.75) is 0 Å². The molecule has 3 heteroatoms. The second-order valence-corrected chi connectivity index (χ2v) is 5.20. The molecule has 0 fully saturated rings. The number of hydrogen-bond donors (Lipinski definition) is 0. The lowest BCUT2D eigenvalue weighted by atomic mass is 10.1. The van der Waals surface area contributed by atoms with Crippen LogP contribution in [0.1, 0.15) is 5.56 Å². The van der Waals surface area contributed by atoms with Gasteiger partial charge in [0.15, 0.2) is 0 Å². The zero-order valence-electron chi connectivity index (χ0n) is 10.4. The number of thiophene rings is 1. The molecule has 0 saturated heterocycles. The van der Waals surface area contributed by atoms with Crippen molar-refractivity contribution in [2.24, 2.45) is 0 Å². The molecule has 2 aromatic carbocycles. The molecule has 1 aromatic heterocycles. The molecule has 0 aliphatic heterocycles. The minimum absolute atomic E-state index is 0.727. The molecule has 0 unspecified atom stereocenters. The monoisotopic (exact) mass is 265 g/mol. The Bertz CT molecular complexity index is 769. The summed E-state index contributed by atoms with van der Waals surface area (Å²) in [7, 11) is 1.64. The molecule has 1 heterocycles. The summed E-state index contributed by atoms with van der Waals surface area (Å²) < 4.78 is 6.34. The average Bonchev–Trinajstić information content (AvgIpc) is 2.85. The molecule has 3 rings (SSSR count). The fraction of sp³-hybridized carbons (Fsp3) is 0.0625. The Morgan fingerprint density at radius 2 is 1.89 bits per heavy atom. The van der Waals surface area contributed by atoms with Crippen LogP contribution >= 0.6 is 11.3 Å². The molecule has 3 aromatic rings. The Balaban J connectivity index is 2.30. The summed E-state index contributed by atoms with van der Waals surface area (Å²) in [6.07, 6.45) is 0. The van der Waals surface area contributed by atoms with Gasteiger partial charge in [-0.25, -0.2) is 0 Å². The summed E-state index contributed by atoms with van der Waals surface area (Å²) in [4.78, 5) is 1.02. The highest BCUT2D eigenvalue weighted by Crippen LogP contribution is 2.39. The molecule has 0 N–H and O–H groups in total. The second-order valence-electron chi connectivity index (χ2n) is 4.15. The molecule has 0 aliphatic carbocycles. The number of ether oxygens (including phenoxy) is 1. The first-order valence-electron chi connectivity index (χ1n) is 5.89. The molecule has 0 spiro atoms. The Morgan fingerprint density at radius 3 is 2.58 bits per heavy atom. The summed E-state index contributed by atoms with van der Waals surface area (Å²) in [5.41, 5.74) is 1.81. The van der Waals surface area contributed by atoms with Crippen LogP contribution in [-0.2, 0) is 0 Å². The first-order valence-corrected chi connectivity index (χ1v) is 6.71. The van der Waals surface area contributed by atoms with Gasteiger partial charge in [0.25, 0.3) is 0 Å². The van der Waals surface area contributed by atoms with Crippen molar-refractivity contribution in [3.63, 3.8) is 0 Å². The molecule has 0 bridgehead atoms. The standard InChI is InChI=1S/C16H11NOS/c1-18-12-7-8-15-13(9-12)14(10-17)16(19-15)11-5-3-2-4-6-11/h2-9H,1H3. The van der Waals surface area contributed by atoms with Crippen LogP contribution in [0.2, 0.25) is 0 Å². The number of hydrogen-bond acceptors (Lipinski definition) is 3. The maximum Gasteiger partial charge on any atom is 0.119 e. The van der Waals surface area contributed by atoms with E-state index in [2.05, 4.69) is 6.07 Å². The summed E-state index contributed by atoms with van der Waals surface area (Å²) >= 11 is 1.64. The average molecular weight is 265 g/mol. The number of nitriles is 1. The zero-order chi connectivity index (χ0) is 13.2. The third-order valence-electron chi connectivity index (χ3n) is 3.04. The molecule has 0 amide bonds. The Labute approximate surface area is 115 Å². The van der Waals surface area contributed by atoms with Crippen molar-refractivity contribution in [2.75, 3.05) is 7.11 Å². The highest BCUT2D eigenvalue weighted by Gasteiger charge is 2.13. The molecule has 0 saturated carbocycles. The predicted molar refractivity (Wildman–Crippen MR) is 78.5 cm³/mol. The molecule has 0 atom stereocenters. The smallest absolute Gasteiger partial charge is 0.119 e. The topological polar surface area (TPSA) is 33.0 Å². The van der Waals surface area contributed by atoms with E-state index >= 15 is 0 Å². The lowest BCUT2D eigenvalue weighted by Gasteiger charge is -1.99. The quantitative estimate of drug-likeness (QED) is 0.686. The lowest BCUT2D eigenvalue weighted by Crippen LogP contribution is -1.82. The summed E-state index contributed by atoms with van der Waals surface area (Å²) in [5.74, 6) is 0.779. The number of benzene rings is 2. The van der Waals surface area contributed by atoms with Crippen molar-refractivity contribution < 1.29 is 4.74 Å². The number of nitrogens with zero attached hydrogens (tertiary/aromatic N) is 1. The predicted octanol–water partition coefficient (Wildman–Crippen LogP) is 4.45. The van der Waals surface area contributed by atoms with E-state index in [0.717, 1.165) is 31.8 Å². The lowest BCUT2D eigenvalue weighted by molar-refractivity contribution is 0.415. The van der Waals surface area contributed by atoms with E-state index in [0.29, 0.717) is 0 Å². The van der Waals surface area contributed by atoms with Crippen LogP contribution in [0.15, 0.2) is 48.5 Å². The van der Waals surface area contributed by atoms with Crippen LogP contribution < -0.4 is 4.74 Å². The van der Waals surface area contributed by atoms with Gasteiger partial charge in [-0.2, -0.15) is 5.26 Å². The van der Waals surface area contributed by atoms with Gasteiger partial charge >= 0.3 is 0 Å². The van der Waals surface area contributed by atoms with Crippen molar-refractivity contribution in [3.05, 3.63) is 54.1 Å². The van der Waals surface area contributed by atoms with Crippen molar-refractivity contribution in [1.29, 1.82) is 5.26 Å². The van der Waals surface area contributed by atoms with Crippen molar-refractivity contribution in [3.8, 4) is 22.3 Å². The third kappa shape index (κ3) is 1.96. The molecular formula is C16H11NOS. The molecule has 92 valence electrons. The Kier molecular flexibility index (Phi) is 2.94. The van der Waals surface area contributed by atoms with Gasteiger partial charge < -0.3 is 4.74 Å². The molecular weight excluding hydrogens is 254 g/mol. The number of fused-ring (bicyclic) bond motifs is 1. The molecule has 2 nitrogen and oxygen atoms in total. The van der Waals surface area contributed by atoms with Gasteiger partial charge in [0.05, 0.1) is 17.6 Å². The van der Waals surface area contributed by atoms with Crippen LogP contribution in [0, 0.1) is 11.3 Å². The third-order valence-corrected chi connectivity index (χ3v) is 4.26. The van der Waals surface area contributed by atoms with Gasteiger partial charge in [0.1, 0.15) is 11.8 Å². The van der Waals surface area contributed by atoms with Crippen molar-refractivity contribution >= 4 is 21.4 Å². The Morgan fingerprint density at radius 1 is 1.11 bits per heavy atom. The minimum atomic E-state index is 0.727. The van der Waals surface area contributed by atoms with E-state index in [9.17, 15) is 5.26 Å². The maximum absolute atomic E-state index is 9.45. The van der Waals surface area contributed by atoms with Crippen molar-refractivity contribution in [1.82, 2.24) is 0 Å². The molecule has 0 aliphatic rings. The number of rotatable bonds is 2. The van der Waals surface area contributed by atoms with Gasteiger partial charge in [-0.1, -0.05) is 30.3 Å². The van der Waals surface area contributed by atoms with Gasteiger partial charge in [-0.05, 0) is 23.8 Å². The fourth-order valence-corrected chi connectivity index (χ4v) is 3.25. The highest BCUT2D eigenvalue weighted by atomic mass is 32.1. The maximum atomic E-state index is 9.45. The highest BCUT2D eigenvalue weighted by molar-refractivity contribution is 7.22. The fourth-order valence-electron chi connectivity index (χ4n) is 2.11. The SMILES string of the molecule is COc1ccc2sc(-c3ccccc3)c(C#N)c2c1. The largest absolute Gasteiger partial charge is 0.497 e. The van der Waals surface area contributed by atoms with E-state index in [1.165, 1.54) is 0 Å². The Hall–Kier alpha value is -2.31. The second kappa shape index (κ2) is 4.75. The van der Waals surface area contributed by atoms with E-state index in [4.69, 9.17) is 4.74 Å². The van der Waals surface area contributed by atoms with Gasteiger partial charge in [-0.15, -0.1) is 11.3 Å². The van der Waals surface area contributed by atoms with Gasteiger partial charge in [0.2, 0.25) is 0 Å². The van der Waals surface area contributed by atoms with Gasteiger partial charge in [-0.3, -0.25) is 0 Å². The summed E-state index contributed by atoms with van der Waals surface area (Å²) in [6, 6.07) is 18.2. The van der Waals surface area contributed by atoms with Crippen LogP contribution in [0.25, 0.3) is 20.5 Å². The molecule has 19 heavy (non-hydrogen) atoms. The zero-order valence-corrected chi connectivity index (χ0v) is 11.2. The minimum Gasteiger partial charge on any atom is -0.497 e. The molecule has 0 radical (unpaired) electrons. The van der Waals surface area contributed by atoms with E-state index in [1.807, 2.05) is 48.5 Å². The van der Waals surface area contributed by atoms with Crippen LogP contribution in [-0.4, -0.2) is 7.11 Å². The van der Waals surface area contributed by atoms with Crippen LogP contribution in [0.5, 0.6) is 5.75 Å². The van der Waals surface area contributed by atoms with E-state index in [1.54, 1.807) is 18.4 Å². The van der Waals surface area contributed by atoms with Crippen LogP contribution in [0.3, 0.4) is 0 Å². The first kappa shape index (κ1) is 11.8. The first-order chi connectivity index (χ1) is 9.33. The van der Waals surface area contributed by atoms with Gasteiger partial charge in [0, 0.05) is 10.1 Å². The van der Waals surface area contributed by atoms with Crippen LogP contribution in [0.4, 0.5) is 0 Å².